The lowest BCUT2D eigenvalue weighted by atomic mass is 9.68. The third-order valence-corrected chi connectivity index (χ3v) is 6.02. The zero-order valence-corrected chi connectivity index (χ0v) is 13.7. The van der Waals surface area contributed by atoms with Gasteiger partial charge >= 0.3 is 0 Å². The molecule has 1 fully saturated rings. The third-order valence-electron chi connectivity index (χ3n) is 4.57. The van der Waals surface area contributed by atoms with Gasteiger partial charge in [0.25, 0.3) is 0 Å². The Balaban J connectivity index is 2.02. The molecule has 3 N–H and O–H groups in total. The molecule has 1 heterocycles. The Bertz CT molecular complexity index is 403. The van der Waals surface area contributed by atoms with Gasteiger partial charge in [-0.05, 0) is 54.4 Å². The predicted octanol–water partition coefficient (Wildman–Crippen LogP) is 4.76. The average molecular weight is 301 g/mol. The molecule has 0 saturated heterocycles. The highest BCUT2D eigenvalue weighted by Gasteiger charge is 2.33. The zero-order chi connectivity index (χ0) is 14.0. The van der Waals surface area contributed by atoms with E-state index in [9.17, 15) is 0 Å². The molecule has 1 aliphatic rings. The highest BCUT2D eigenvalue weighted by Crippen LogP contribution is 2.44. The van der Waals surface area contributed by atoms with Gasteiger partial charge in [0, 0.05) is 4.88 Å². The summed E-state index contributed by atoms with van der Waals surface area (Å²) in [6.45, 7) is 7.06. The van der Waals surface area contributed by atoms with Crippen LogP contribution >= 0.6 is 22.9 Å². The number of hydrazine groups is 1. The van der Waals surface area contributed by atoms with Crippen molar-refractivity contribution in [2.75, 3.05) is 0 Å². The Kier molecular flexibility index (Phi) is 4.93. The largest absolute Gasteiger partial charge is 0.271 e. The SMILES string of the molecule is CC(C)(C)C1CCC(C(NN)c2sccc2Cl)CC1. The molecule has 2 nitrogen and oxygen atoms in total. The average Bonchev–Trinajstić information content (AvgIpc) is 2.76. The first kappa shape index (κ1) is 15.3. The van der Waals surface area contributed by atoms with E-state index in [4.69, 9.17) is 17.4 Å². The van der Waals surface area contributed by atoms with Gasteiger partial charge in [0.2, 0.25) is 0 Å². The van der Waals surface area contributed by atoms with Crippen molar-refractivity contribution in [3.63, 3.8) is 0 Å². The Morgan fingerprint density at radius 2 is 1.95 bits per heavy atom. The Morgan fingerprint density at radius 3 is 2.37 bits per heavy atom. The summed E-state index contributed by atoms with van der Waals surface area (Å²) >= 11 is 7.96. The summed E-state index contributed by atoms with van der Waals surface area (Å²) in [5.74, 6) is 7.23. The first-order valence-electron chi connectivity index (χ1n) is 7.12. The summed E-state index contributed by atoms with van der Waals surface area (Å²) in [5, 5.41) is 2.90. The van der Waals surface area contributed by atoms with Crippen LogP contribution in [-0.4, -0.2) is 0 Å². The Labute approximate surface area is 125 Å². The van der Waals surface area contributed by atoms with E-state index in [0.29, 0.717) is 11.3 Å². The van der Waals surface area contributed by atoms with Gasteiger partial charge in [0.1, 0.15) is 0 Å². The summed E-state index contributed by atoms with van der Waals surface area (Å²) in [7, 11) is 0. The summed E-state index contributed by atoms with van der Waals surface area (Å²) in [5.41, 5.74) is 3.42. The lowest BCUT2D eigenvalue weighted by Crippen LogP contribution is -2.36. The van der Waals surface area contributed by atoms with Crippen molar-refractivity contribution in [3.05, 3.63) is 21.3 Å². The molecular formula is C15H25ClN2S. The Morgan fingerprint density at radius 1 is 1.32 bits per heavy atom. The monoisotopic (exact) mass is 300 g/mol. The van der Waals surface area contributed by atoms with Crippen LogP contribution in [-0.2, 0) is 0 Å². The smallest absolute Gasteiger partial charge is 0.0596 e. The molecule has 2 rings (SSSR count). The highest BCUT2D eigenvalue weighted by atomic mass is 35.5. The zero-order valence-electron chi connectivity index (χ0n) is 12.1. The van der Waals surface area contributed by atoms with Crippen LogP contribution in [0.25, 0.3) is 0 Å². The van der Waals surface area contributed by atoms with Crippen molar-refractivity contribution in [3.8, 4) is 0 Å². The second-order valence-electron chi connectivity index (χ2n) is 6.75. The molecule has 0 aromatic carbocycles. The minimum Gasteiger partial charge on any atom is -0.271 e. The van der Waals surface area contributed by atoms with E-state index >= 15 is 0 Å². The van der Waals surface area contributed by atoms with Crippen molar-refractivity contribution in [1.82, 2.24) is 5.43 Å². The van der Waals surface area contributed by atoms with Gasteiger partial charge in [-0.25, -0.2) is 0 Å². The van der Waals surface area contributed by atoms with Gasteiger partial charge < -0.3 is 0 Å². The van der Waals surface area contributed by atoms with Gasteiger partial charge in [0.15, 0.2) is 0 Å². The second-order valence-corrected chi connectivity index (χ2v) is 8.11. The maximum atomic E-state index is 6.25. The van der Waals surface area contributed by atoms with E-state index in [1.165, 1.54) is 30.6 Å². The summed E-state index contributed by atoms with van der Waals surface area (Å²) in [6, 6.07) is 2.18. The van der Waals surface area contributed by atoms with E-state index in [2.05, 4.69) is 26.2 Å². The molecule has 1 aromatic rings. The minimum absolute atomic E-state index is 0.216. The second kappa shape index (κ2) is 6.13. The van der Waals surface area contributed by atoms with Crippen LogP contribution in [0.5, 0.6) is 0 Å². The molecule has 0 radical (unpaired) electrons. The molecule has 0 aliphatic heterocycles. The van der Waals surface area contributed by atoms with Crippen molar-refractivity contribution in [1.29, 1.82) is 0 Å². The number of rotatable bonds is 3. The van der Waals surface area contributed by atoms with Gasteiger partial charge in [0.05, 0.1) is 11.1 Å². The van der Waals surface area contributed by atoms with Crippen molar-refractivity contribution in [2.45, 2.75) is 52.5 Å². The number of hydrogen-bond acceptors (Lipinski definition) is 3. The fraction of sp³-hybridized carbons (Fsp3) is 0.733. The molecule has 1 unspecified atom stereocenters. The summed E-state index contributed by atoms with van der Waals surface area (Å²) in [6.07, 6.45) is 5.08. The van der Waals surface area contributed by atoms with Gasteiger partial charge in [-0.1, -0.05) is 32.4 Å². The topological polar surface area (TPSA) is 38.0 Å². The third kappa shape index (κ3) is 3.52. The molecule has 1 atom stereocenters. The standard InChI is InChI=1S/C15H25ClN2S/c1-15(2,3)11-6-4-10(5-7-11)13(18-17)14-12(16)8-9-19-14/h8-11,13,18H,4-7,17H2,1-3H3. The molecular weight excluding hydrogens is 276 g/mol. The minimum atomic E-state index is 0.216. The van der Waals surface area contributed by atoms with E-state index in [1.54, 1.807) is 11.3 Å². The molecule has 1 aromatic heterocycles. The van der Waals surface area contributed by atoms with E-state index in [0.717, 1.165) is 10.9 Å². The summed E-state index contributed by atoms with van der Waals surface area (Å²) < 4.78 is 0. The molecule has 1 saturated carbocycles. The van der Waals surface area contributed by atoms with Crippen LogP contribution in [0.2, 0.25) is 5.02 Å². The van der Waals surface area contributed by atoms with Crippen LogP contribution in [0.1, 0.15) is 57.4 Å². The maximum absolute atomic E-state index is 6.25. The van der Waals surface area contributed by atoms with Crippen molar-refractivity contribution in [2.24, 2.45) is 23.1 Å². The Hall–Kier alpha value is -0.0900. The fourth-order valence-corrected chi connectivity index (χ4v) is 4.60. The van der Waals surface area contributed by atoms with E-state index in [-0.39, 0.29) is 6.04 Å². The first-order valence-corrected chi connectivity index (χ1v) is 8.38. The molecule has 19 heavy (non-hydrogen) atoms. The number of nitrogens with one attached hydrogen (secondary N) is 1. The quantitative estimate of drug-likeness (QED) is 0.624. The molecule has 108 valence electrons. The van der Waals surface area contributed by atoms with Gasteiger partial charge in [-0.3, -0.25) is 11.3 Å². The van der Waals surface area contributed by atoms with Crippen LogP contribution < -0.4 is 11.3 Å². The predicted molar refractivity (Wildman–Crippen MR) is 84.3 cm³/mol. The lowest BCUT2D eigenvalue weighted by Gasteiger charge is -2.39. The van der Waals surface area contributed by atoms with E-state index in [1.807, 2.05) is 11.4 Å². The molecule has 0 amide bonds. The number of nitrogens with two attached hydrogens (primary N) is 1. The van der Waals surface area contributed by atoms with Crippen LogP contribution in [0.15, 0.2) is 11.4 Å². The van der Waals surface area contributed by atoms with Crippen LogP contribution in [0.3, 0.4) is 0 Å². The first-order chi connectivity index (χ1) is 8.93. The number of halogens is 1. The van der Waals surface area contributed by atoms with Crippen LogP contribution in [0, 0.1) is 17.3 Å². The molecule has 1 aliphatic carbocycles. The van der Waals surface area contributed by atoms with E-state index < -0.39 is 0 Å². The number of hydrogen-bond donors (Lipinski definition) is 2. The van der Waals surface area contributed by atoms with Gasteiger partial charge in [-0.15, -0.1) is 11.3 Å². The molecule has 0 bridgehead atoms. The lowest BCUT2D eigenvalue weighted by molar-refractivity contribution is 0.133. The maximum Gasteiger partial charge on any atom is 0.0596 e. The summed E-state index contributed by atoms with van der Waals surface area (Å²) in [4.78, 5) is 1.20. The normalized spacial score (nSPS) is 26.4. The van der Waals surface area contributed by atoms with Crippen LogP contribution in [0.4, 0.5) is 0 Å². The fourth-order valence-electron chi connectivity index (χ4n) is 3.27. The van der Waals surface area contributed by atoms with Crippen molar-refractivity contribution < 1.29 is 0 Å². The number of thiophene rings is 1. The highest BCUT2D eigenvalue weighted by molar-refractivity contribution is 7.10. The van der Waals surface area contributed by atoms with Crippen molar-refractivity contribution >= 4 is 22.9 Å². The van der Waals surface area contributed by atoms with Gasteiger partial charge in [-0.2, -0.15) is 0 Å². The molecule has 4 heteroatoms. The molecule has 0 spiro atoms.